The number of para-hydroxylation sites is 1. The number of thiophene rings is 1. The van der Waals surface area contributed by atoms with Crippen molar-refractivity contribution in [2.75, 3.05) is 24.4 Å². The summed E-state index contributed by atoms with van der Waals surface area (Å²) in [5, 5.41) is 25.2. The van der Waals surface area contributed by atoms with Crippen LogP contribution in [-0.4, -0.2) is 25.5 Å². The zero-order valence-corrected chi connectivity index (χ0v) is 21.0. The molecule has 0 radical (unpaired) electrons. The van der Waals surface area contributed by atoms with Gasteiger partial charge in [0.25, 0.3) is 11.8 Å². The minimum Gasteiger partial charge on any atom is -0.493 e. The smallest absolute Gasteiger partial charge is 0.266 e. The van der Waals surface area contributed by atoms with Gasteiger partial charge in [-0.1, -0.05) is 24.3 Å². The zero-order chi connectivity index (χ0) is 26.2. The van der Waals surface area contributed by atoms with E-state index in [4.69, 9.17) is 9.47 Å². The third-order valence-electron chi connectivity index (χ3n) is 5.79. The highest BCUT2D eigenvalue weighted by Crippen LogP contribution is 2.38. The van der Waals surface area contributed by atoms with Crippen LogP contribution in [0.5, 0.6) is 11.5 Å². The van der Waals surface area contributed by atoms with Gasteiger partial charge in [0, 0.05) is 10.6 Å². The van der Waals surface area contributed by atoms with Crippen LogP contribution in [-0.2, 0) is 22.4 Å². The van der Waals surface area contributed by atoms with E-state index in [-0.39, 0.29) is 18.1 Å². The van der Waals surface area contributed by atoms with Crippen LogP contribution >= 0.6 is 11.3 Å². The molecular formula is C28H24N4O4S. The number of nitrogens with zero attached hydrogens (tertiary/aromatic N) is 2. The number of amides is 2. The summed E-state index contributed by atoms with van der Waals surface area (Å²) in [5.74, 6) is -0.229. The van der Waals surface area contributed by atoms with E-state index in [9.17, 15) is 20.1 Å². The number of benzene rings is 2. The van der Waals surface area contributed by atoms with E-state index in [2.05, 4.69) is 16.7 Å². The zero-order valence-electron chi connectivity index (χ0n) is 20.2. The van der Waals surface area contributed by atoms with Crippen LogP contribution in [0.15, 0.2) is 54.1 Å². The molecule has 1 aliphatic rings. The largest absolute Gasteiger partial charge is 0.493 e. The molecule has 186 valence electrons. The molecule has 0 unspecified atom stereocenters. The second kappa shape index (κ2) is 11.9. The molecule has 4 rings (SSSR count). The average Bonchev–Trinajstić information content (AvgIpc) is 3.28. The molecule has 1 aliphatic carbocycles. The summed E-state index contributed by atoms with van der Waals surface area (Å²) in [6.07, 6.45) is 5.24. The van der Waals surface area contributed by atoms with Crippen molar-refractivity contribution in [1.29, 1.82) is 10.5 Å². The molecule has 9 heteroatoms. The van der Waals surface area contributed by atoms with E-state index in [0.29, 0.717) is 33.3 Å². The molecule has 0 fully saturated rings. The second-order valence-corrected chi connectivity index (χ2v) is 9.37. The number of hydrogen-bond acceptors (Lipinski definition) is 7. The van der Waals surface area contributed by atoms with Gasteiger partial charge in [-0.2, -0.15) is 10.5 Å². The molecule has 1 heterocycles. The number of carbonyl (C=O) groups excluding carboxylic acids is 2. The highest BCUT2D eigenvalue weighted by Gasteiger charge is 2.23. The highest BCUT2D eigenvalue weighted by molar-refractivity contribution is 7.16. The Morgan fingerprint density at radius 2 is 1.84 bits per heavy atom. The molecule has 37 heavy (non-hydrogen) atoms. The number of ether oxygens (including phenoxy) is 2. The number of carbonyl (C=O) groups is 2. The van der Waals surface area contributed by atoms with E-state index in [1.54, 1.807) is 30.3 Å². The van der Waals surface area contributed by atoms with Crippen molar-refractivity contribution in [2.45, 2.75) is 25.7 Å². The molecule has 2 amide bonds. The number of hydrogen-bond donors (Lipinski definition) is 2. The second-order valence-electron chi connectivity index (χ2n) is 8.26. The van der Waals surface area contributed by atoms with Gasteiger partial charge in [0.1, 0.15) is 22.7 Å². The van der Waals surface area contributed by atoms with Gasteiger partial charge in [0.05, 0.1) is 12.7 Å². The van der Waals surface area contributed by atoms with E-state index < -0.39 is 5.91 Å². The molecule has 0 saturated heterocycles. The van der Waals surface area contributed by atoms with Crippen LogP contribution in [0.25, 0.3) is 6.08 Å². The molecule has 8 nitrogen and oxygen atoms in total. The first-order valence-electron chi connectivity index (χ1n) is 11.7. The minimum absolute atomic E-state index is 0.117. The van der Waals surface area contributed by atoms with E-state index >= 15 is 0 Å². The molecule has 0 aliphatic heterocycles. The van der Waals surface area contributed by atoms with E-state index in [1.165, 1.54) is 24.5 Å². The Hall–Kier alpha value is -4.60. The molecule has 0 spiro atoms. The van der Waals surface area contributed by atoms with Crippen LogP contribution in [0, 0.1) is 22.7 Å². The van der Waals surface area contributed by atoms with Crippen molar-refractivity contribution >= 4 is 39.9 Å². The number of nitriles is 2. The monoisotopic (exact) mass is 512 g/mol. The van der Waals surface area contributed by atoms with Gasteiger partial charge in [-0.15, -0.1) is 11.3 Å². The number of aryl methyl sites for hydroxylation is 1. The van der Waals surface area contributed by atoms with Crippen LogP contribution in [0.3, 0.4) is 0 Å². The van der Waals surface area contributed by atoms with Gasteiger partial charge >= 0.3 is 0 Å². The van der Waals surface area contributed by atoms with Gasteiger partial charge in [0.2, 0.25) is 0 Å². The maximum Gasteiger partial charge on any atom is 0.266 e. The summed E-state index contributed by atoms with van der Waals surface area (Å²) in [7, 11) is 1.46. The predicted octanol–water partition coefficient (Wildman–Crippen LogP) is 5.07. The van der Waals surface area contributed by atoms with Gasteiger partial charge in [0.15, 0.2) is 18.1 Å². The number of methoxy groups -OCH3 is 1. The number of fused-ring (bicyclic) bond motifs is 1. The third-order valence-corrected chi connectivity index (χ3v) is 7.00. The fourth-order valence-corrected chi connectivity index (χ4v) is 5.25. The minimum atomic E-state index is -0.588. The number of nitrogens with one attached hydrogen (secondary N) is 2. The Morgan fingerprint density at radius 1 is 1.05 bits per heavy atom. The molecule has 0 saturated carbocycles. The van der Waals surface area contributed by atoms with Gasteiger partial charge in [-0.05, 0) is 67.2 Å². The SMILES string of the molecule is COc1cc(C=C(C#N)C(=O)Nc2sc3c(c2C#N)CCCC3)ccc1OCC(=O)Nc1ccccc1. The lowest BCUT2D eigenvalue weighted by atomic mass is 9.96. The lowest BCUT2D eigenvalue weighted by Gasteiger charge is -2.12. The van der Waals surface area contributed by atoms with Crippen molar-refractivity contribution in [3.05, 3.63) is 75.7 Å². The van der Waals surface area contributed by atoms with Crippen molar-refractivity contribution in [1.82, 2.24) is 0 Å². The topological polar surface area (TPSA) is 124 Å². The third kappa shape index (κ3) is 6.16. The summed E-state index contributed by atoms with van der Waals surface area (Å²) in [6, 6.07) is 18.0. The summed E-state index contributed by atoms with van der Waals surface area (Å²) >= 11 is 1.40. The highest BCUT2D eigenvalue weighted by atomic mass is 32.1. The first-order chi connectivity index (χ1) is 18.0. The van der Waals surface area contributed by atoms with Gasteiger partial charge in [-0.3, -0.25) is 9.59 Å². The Labute approximate surface area is 218 Å². The predicted molar refractivity (Wildman–Crippen MR) is 141 cm³/mol. The fourth-order valence-electron chi connectivity index (χ4n) is 4.01. The molecule has 1 aromatic heterocycles. The molecule has 3 aromatic rings. The number of anilines is 2. The first kappa shape index (κ1) is 25.5. The van der Waals surface area contributed by atoms with Crippen LogP contribution in [0.1, 0.15) is 34.4 Å². The van der Waals surface area contributed by atoms with Crippen LogP contribution in [0.4, 0.5) is 10.7 Å². The molecule has 2 N–H and O–H groups in total. The van der Waals surface area contributed by atoms with Crippen LogP contribution < -0.4 is 20.1 Å². The lowest BCUT2D eigenvalue weighted by Crippen LogP contribution is -2.20. The maximum absolute atomic E-state index is 12.9. The quantitative estimate of drug-likeness (QED) is 0.321. The summed E-state index contributed by atoms with van der Waals surface area (Å²) in [4.78, 5) is 26.2. The average molecular weight is 513 g/mol. The standard InChI is InChI=1S/C28H24N4O4S/c1-35-24-14-18(11-12-23(24)36-17-26(33)31-20-7-3-2-4-8-20)13-19(15-29)27(34)32-28-22(16-30)21-9-5-6-10-25(21)37-28/h2-4,7-8,11-14H,5-6,9-10,17H2,1H3,(H,31,33)(H,32,34). The normalized spacial score (nSPS) is 12.5. The maximum atomic E-state index is 12.9. The van der Waals surface area contributed by atoms with Crippen molar-refractivity contribution < 1.29 is 19.1 Å². The Bertz CT molecular complexity index is 1430. The molecule has 0 atom stereocenters. The Balaban J connectivity index is 1.45. The van der Waals surface area contributed by atoms with Crippen molar-refractivity contribution in [2.24, 2.45) is 0 Å². The Kier molecular flexibility index (Phi) is 8.19. The summed E-state index contributed by atoms with van der Waals surface area (Å²) < 4.78 is 11.0. The van der Waals surface area contributed by atoms with Gasteiger partial charge < -0.3 is 20.1 Å². The van der Waals surface area contributed by atoms with E-state index in [1.807, 2.05) is 24.3 Å². The molecule has 2 aromatic carbocycles. The fraction of sp³-hybridized carbons (Fsp3) is 0.214. The van der Waals surface area contributed by atoms with Crippen molar-refractivity contribution in [3.63, 3.8) is 0 Å². The Morgan fingerprint density at radius 3 is 2.57 bits per heavy atom. The lowest BCUT2D eigenvalue weighted by molar-refractivity contribution is -0.118. The number of rotatable bonds is 8. The van der Waals surface area contributed by atoms with E-state index in [0.717, 1.165) is 36.1 Å². The van der Waals surface area contributed by atoms with Crippen molar-refractivity contribution in [3.8, 4) is 23.6 Å². The summed E-state index contributed by atoms with van der Waals surface area (Å²) in [6.45, 7) is -0.224. The van der Waals surface area contributed by atoms with Gasteiger partial charge in [-0.25, -0.2) is 0 Å². The molecular weight excluding hydrogens is 488 g/mol. The first-order valence-corrected chi connectivity index (χ1v) is 12.5. The summed E-state index contributed by atoms with van der Waals surface area (Å²) in [5.41, 5.74) is 2.58. The van der Waals surface area contributed by atoms with Crippen LogP contribution in [0.2, 0.25) is 0 Å². The molecule has 0 bridgehead atoms.